The summed E-state index contributed by atoms with van der Waals surface area (Å²) in [5.74, 6) is 0.0263. The monoisotopic (exact) mass is 289 g/mol. The van der Waals surface area contributed by atoms with Crippen LogP contribution in [0.2, 0.25) is 0 Å². The van der Waals surface area contributed by atoms with E-state index in [1.54, 1.807) is 4.90 Å². The van der Waals surface area contributed by atoms with Gasteiger partial charge in [-0.05, 0) is 38.8 Å². The van der Waals surface area contributed by atoms with Crippen LogP contribution in [0, 0.1) is 5.92 Å². The van der Waals surface area contributed by atoms with E-state index in [2.05, 4.69) is 10.6 Å². The molecule has 0 spiro atoms. The SMILES string of the molecule is CC(C)NC(=O)N1CCC(C(=O)Nc2ccccc2)CC1. The Kier molecular flexibility index (Phi) is 5.20. The van der Waals surface area contributed by atoms with Crippen LogP contribution in [-0.2, 0) is 4.79 Å². The fraction of sp³-hybridized carbons (Fsp3) is 0.500. The molecule has 0 radical (unpaired) electrons. The number of rotatable bonds is 3. The molecule has 114 valence electrons. The number of carbonyl (C=O) groups excluding carboxylic acids is 2. The molecule has 2 rings (SSSR count). The van der Waals surface area contributed by atoms with E-state index in [9.17, 15) is 9.59 Å². The van der Waals surface area contributed by atoms with Crippen molar-refractivity contribution in [1.29, 1.82) is 0 Å². The molecule has 1 aromatic rings. The minimum Gasteiger partial charge on any atom is -0.336 e. The molecule has 0 bridgehead atoms. The number of nitrogens with zero attached hydrogens (tertiary/aromatic N) is 1. The van der Waals surface area contributed by atoms with Gasteiger partial charge < -0.3 is 15.5 Å². The highest BCUT2D eigenvalue weighted by Gasteiger charge is 2.27. The summed E-state index contributed by atoms with van der Waals surface area (Å²) < 4.78 is 0. The molecule has 0 aromatic heterocycles. The van der Waals surface area contributed by atoms with Gasteiger partial charge >= 0.3 is 6.03 Å². The van der Waals surface area contributed by atoms with Crippen LogP contribution < -0.4 is 10.6 Å². The van der Waals surface area contributed by atoms with E-state index in [0.717, 1.165) is 5.69 Å². The van der Waals surface area contributed by atoms with Gasteiger partial charge in [0.25, 0.3) is 0 Å². The number of nitrogens with one attached hydrogen (secondary N) is 2. The van der Waals surface area contributed by atoms with Gasteiger partial charge in [0.15, 0.2) is 0 Å². The van der Waals surface area contributed by atoms with Crippen LogP contribution in [0.25, 0.3) is 0 Å². The average Bonchev–Trinajstić information content (AvgIpc) is 2.47. The van der Waals surface area contributed by atoms with Gasteiger partial charge in [0.05, 0.1) is 0 Å². The molecule has 1 saturated heterocycles. The molecule has 21 heavy (non-hydrogen) atoms. The lowest BCUT2D eigenvalue weighted by Gasteiger charge is -2.31. The summed E-state index contributed by atoms with van der Waals surface area (Å²) in [6.45, 7) is 5.15. The summed E-state index contributed by atoms with van der Waals surface area (Å²) in [6.07, 6.45) is 1.42. The summed E-state index contributed by atoms with van der Waals surface area (Å²) in [7, 11) is 0. The van der Waals surface area contributed by atoms with Crippen LogP contribution in [0.15, 0.2) is 30.3 Å². The summed E-state index contributed by atoms with van der Waals surface area (Å²) in [5.41, 5.74) is 0.822. The lowest BCUT2D eigenvalue weighted by atomic mass is 9.96. The van der Waals surface area contributed by atoms with Gasteiger partial charge in [-0.25, -0.2) is 4.79 Å². The van der Waals surface area contributed by atoms with Crippen LogP contribution in [0.5, 0.6) is 0 Å². The molecule has 5 nitrogen and oxygen atoms in total. The Bertz CT molecular complexity index is 480. The van der Waals surface area contributed by atoms with Gasteiger partial charge in [0, 0.05) is 30.7 Å². The number of benzene rings is 1. The highest BCUT2D eigenvalue weighted by Crippen LogP contribution is 2.19. The smallest absolute Gasteiger partial charge is 0.317 e. The second-order valence-electron chi connectivity index (χ2n) is 5.72. The average molecular weight is 289 g/mol. The Labute approximate surface area is 125 Å². The molecule has 0 aliphatic carbocycles. The predicted molar refractivity (Wildman–Crippen MR) is 83.0 cm³/mol. The van der Waals surface area contributed by atoms with Crippen LogP contribution in [0.4, 0.5) is 10.5 Å². The number of anilines is 1. The molecule has 0 saturated carbocycles. The number of piperidine rings is 1. The van der Waals surface area contributed by atoms with Crippen molar-refractivity contribution in [2.45, 2.75) is 32.7 Å². The largest absolute Gasteiger partial charge is 0.336 e. The summed E-state index contributed by atoms with van der Waals surface area (Å²) >= 11 is 0. The van der Waals surface area contributed by atoms with E-state index in [1.165, 1.54) is 0 Å². The molecule has 3 amide bonds. The number of amides is 3. The van der Waals surface area contributed by atoms with Gasteiger partial charge in [-0.3, -0.25) is 4.79 Å². The standard InChI is InChI=1S/C16H23N3O2/c1-12(2)17-16(21)19-10-8-13(9-11-19)15(20)18-14-6-4-3-5-7-14/h3-7,12-13H,8-11H2,1-2H3,(H,17,21)(H,18,20). The highest BCUT2D eigenvalue weighted by molar-refractivity contribution is 5.92. The maximum atomic E-state index is 12.2. The van der Waals surface area contributed by atoms with Crippen LogP contribution in [0.3, 0.4) is 0 Å². The number of para-hydroxylation sites is 1. The third kappa shape index (κ3) is 4.48. The molecule has 0 unspecified atom stereocenters. The highest BCUT2D eigenvalue weighted by atomic mass is 16.2. The van der Waals surface area contributed by atoms with Gasteiger partial charge in [0.2, 0.25) is 5.91 Å². The van der Waals surface area contributed by atoms with E-state index >= 15 is 0 Å². The third-order valence-corrected chi connectivity index (χ3v) is 3.61. The summed E-state index contributed by atoms with van der Waals surface area (Å²) in [4.78, 5) is 25.9. The lowest BCUT2D eigenvalue weighted by molar-refractivity contribution is -0.121. The summed E-state index contributed by atoms with van der Waals surface area (Å²) in [6, 6.07) is 9.57. The summed E-state index contributed by atoms with van der Waals surface area (Å²) in [5, 5.41) is 5.81. The lowest BCUT2D eigenvalue weighted by Crippen LogP contribution is -2.47. The number of likely N-dealkylation sites (tertiary alicyclic amines) is 1. The van der Waals surface area contributed by atoms with Crippen LogP contribution in [-0.4, -0.2) is 36.0 Å². The molecule has 1 fully saturated rings. The van der Waals surface area contributed by atoms with Crippen molar-refractivity contribution >= 4 is 17.6 Å². The van der Waals surface area contributed by atoms with Crippen molar-refractivity contribution in [2.24, 2.45) is 5.92 Å². The quantitative estimate of drug-likeness (QED) is 0.898. The Balaban J connectivity index is 1.81. The zero-order valence-corrected chi connectivity index (χ0v) is 12.6. The van der Waals surface area contributed by atoms with Crippen molar-refractivity contribution in [3.8, 4) is 0 Å². The second kappa shape index (κ2) is 7.11. The molecular formula is C16H23N3O2. The molecule has 1 aromatic carbocycles. The number of hydrogen-bond donors (Lipinski definition) is 2. The topological polar surface area (TPSA) is 61.4 Å². The minimum absolute atomic E-state index is 0.0201. The first-order valence-electron chi connectivity index (χ1n) is 7.47. The van der Waals surface area contributed by atoms with Crippen molar-refractivity contribution in [1.82, 2.24) is 10.2 Å². The molecule has 2 N–H and O–H groups in total. The van der Waals surface area contributed by atoms with Gasteiger partial charge in [-0.2, -0.15) is 0 Å². The fourth-order valence-electron chi connectivity index (χ4n) is 2.45. The molecule has 5 heteroatoms. The Hall–Kier alpha value is -2.04. The Morgan fingerprint density at radius 2 is 1.76 bits per heavy atom. The first-order chi connectivity index (χ1) is 10.1. The molecule has 1 heterocycles. The predicted octanol–water partition coefficient (Wildman–Crippen LogP) is 2.46. The Morgan fingerprint density at radius 1 is 1.14 bits per heavy atom. The maximum absolute atomic E-state index is 12.2. The van der Waals surface area contributed by atoms with E-state index in [1.807, 2.05) is 44.2 Å². The zero-order chi connectivity index (χ0) is 15.2. The zero-order valence-electron chi connectivity index (χ0n) is 12.6. The van der Waals surface area contributed by atoms with Crippen molar-refractivity contribution in [3.05, 3.63) is 30.3 Å². The van der Waals surface area contributed by atoms with Crippen molar-refractivity contribution in [3.63, 3.8) is 0 Å². The van der Waals surface area contributed by atoms with Gasteiger partial charge in [-0.1, -0.05) is 18.2 Å². The van der Waals surface area contributed by atoms with Crippen LogP contribution in [0.1, 0.15) is 26.7 Å². The first-order valence-corrected chi connectivity index (χ1v) is 7.47. The van der Waals surface area contributed by atoms with Crippen LogP contribution >= 0.6 is 0 Å². The maximum Gasteiger partial charge on any atom is 0.317 e. The fourth-order valence-corrected chi connectivity index (χ4v) is 2.45. The van der Waals surface area contributed by atoms with Crippen molar-refractivity contribution in [2.75, 3.05) is 18.4 Å². The van der Waals surface area contributed by atoms with E-state index in [0.29, 0.717) is 25.9 Å². The van der Waals surface area contributed by atoms with Gasteiger partial charge in [-0.15, -0.1) is 0 Å². The molecule has 0 atom stereocenters. The third-order valence-electron chi connectivity index (χ3n) is 3.61. The van der Waals surface area contributed by atoms with E-state index in [4.69, 9.17) is 0 Å². The van der Waals surface area contributed by atoms with Gasteiger partial charge in [0.1, 0.15) is 0 Å². The van der Waals surface area contributed by atoms with Crippen molar-refractivity contribution < 1.29 is 9.59 Å². The number of carbonyl (C=O) groups is 2. The number of urea groups is 1. The van der Waals surface area contributed by atoms with E-state index in [-0.39, 0.29) is 23.9 Å². The van der Waals surface area contributed by atoms with E-state index < -0.39 is 0 Å². The second-order valence-corrected chi connectivity index (χ2v) is 5.72. The molecule has 1 aliphatic rings. The molecule has 1 aliphatic heterocycles. The Morgan fingerprint density at radius 3 is 2.33 bits per heavy atom. The normalized spacial score (nSPS) is 15.9. The number of hydrogen-bond acceptors (Lipinski definition) is 2. The first kappa shape index (κ1) is 15.4. The molecular weight excluding hydrogens is 266 g/mol. The minimum atomic E-state index is -0.0353.